The van der Waals surface area contributed by atoms with E-state index in [1.807, 2.05) is 24.3 Å². The summed E-state index contributed by atoms with van der Waals surface area (Å²) in [5.74, 6) is -1.13. The highest BCUT2D eigenvalue weighted by Gasteiger charge is 2.14. The van der Waals surface area contributed by atoms with Gasteiger partial charge in [0.25, 0.3) is 5.91 Å². The number of carboxylic acid groups (broad SMARTS) is 1. The molecule has 0 fully saturated rings. The third-order valence-electron chi connectivity index (χ3n) is 4.24. The minimum Gasteiger partial charge on any atom is -0.481 e. The molecule has 3 rings (SSSR count). The van der Waals surface area contributed by atoms with Crippen molar-refractivity contribution in [1.82, 2.24) is 0 Å². The van der Waals surface area contributed by atoms with Gasteiger partial charge in [0.1, 0.15) is 0 Å². The lowest BCUT2D eigenvalue weighted by Gasteiger charge is -2.17. The van der Waals surface area contributed by atoms with E-state index >= 15 is 0 Å². The number of carbonyl (C=O) groups excluding carboxylic acids is 1. The molecule has 0 heterocycles. The van der Waals surface area contributed by atoms with E-state index < -0.39 is 5.97 Å². The number of benzene rings is 2. The van der Waals surface area contributed by atoms with Gasteiger partial charge in [-0.05, 0) is 60.4 Å². The zero-order valence-electron chi connectivity index (χ0n) is 14.6. The van der Waals surface area contributed by atoms with Crippen LogP contribution in [0.1, 0.15) is 34.3 Å². The minimum absolute atomic E-state index is 0.0399. The number of nitrogens with two attached hydrogens (primary N) is 2. The smallest absolute Gasteiger partial charge is 0.307 e. The number of rotatable bonds is 5. The molecule has 0 spiro atoms. The predicted molar refractivity (Wildman–Crippen MR) is 105 cm³/mol. The Morgan fingerprint density at radius 1 is 1.07 bits per heavy atom. The largest absolute Gasteiger partial charge is 0.481 e. The number of anilines is 1. The molecule has 0 radical (unpaired) electrons. The number of carbonyl (C=O) groups is 2. The molecule has 6 N–H and O–H groups in total. The van der Waals surface area contributed by atoms with Crippen LogP contribution in [-0.4, -0.2) is 22.9 Å². The Kier molecular flexibility index (Phi) is 5.21. The van der Waals surface area contributed by atoms with Gasteiger partial charge in [0.15, 0.2) is 5.96 Å². The summed E-state index contributed by atoms with van der Waals surface area (Å²) in [5.41, 5.74) is 15.3. The van der Waals surface area contributed by atoms with E-state index in [1.54, 1.807) is 24.3 Å². The van der Waals surface area contributed by atoms with E-state index in [9.17, 15) is 9.59 Å². The van der Waals surface area contributed by atoms with Crippen molar-refractivity contribution in [2.24, 2.45) is 16.5 Å². The molecule has 27 heavy (non-hydrogen) atoms. The van der Waals surface area contributed by atoms with Gasteiger partial charge in [-0.2, -0.15) is 0 Å². The molecular formula is C20H20N4O3. The molecule has 0 aliphatic heterocycles. The monoisotopic (exact) mass is 364 g/mol. The fourth-order valence-corrected chi connectivity index (χ4v) is 3.00. The second-order valence-corrected chi connectivity index (χ2v) is 6.32. The van der Waals surface area contributed by atoms with Crippen molar-refractivity contribution in [3.8, 4) is 0 Å². The fraction of sp³-hybridized carbons (Fsp3) is 0.150. The van der Waals surface area contributed by atoms with Crippen LogP contribution >= 0.6 is 0 Å². The number of nitrogens with one attached hydrogen (secondary N) is 1. The Labute approximate surface area is 156 Å². The molecule has 1 aliphatic rings. The fourth-order valence-electron chi connectivity index (χ4n) is 3.00. The number of hydrogen-bond donors (Lipinski definition) is 4. The first-order valence-electron chi connectivity index (χ1n) is 8.46. The van der Waals surface area contributed by atoms with E-state index in [1.165, 1.54) is 0 Å². The van der Waals surface area contributed by atoms with Gasteiger partial charge in [-0.25, -0.2) is 4.99 Å². The summed E-state index contributed by atoms with van der Waals surface area (Å²) >= 11 is 0. The third kappa shape index (κ3) is 4.72. The van der Waals surface area contributed by atoms with E-state index in [4.69, 9.17) is 16.6 Å². The number of carboxylic acids is 1. The van der Waals surface area contributed by atoms with E-state index in [-0.39, 0.29) is 18.3 Å². The SMILES string of the molecule is NC(N)=Nc1ccc(C(=O)Nc2ccc3c(c2)C=C(CC(=O)O)CC3)cc1. The highest BCUT2D eigenvalue weighted by molar-refractivity contribution is 6.04. The molecule has 0 bridgehead atoms. The van der Waals surface area contributed by atoms with Gasteiger partial charge >= 0.3 is 5.97 Å². The van der Waals surface area contributed by atoms with Gasteiger partial charge in [0.05, 0.1) is 12.1 Å². The summed E-state index contributed by atoms with van der Waals surface area (Å²) in [7, 11) is 0. The van der Waals surface area contributed by atoms with Crippen LogP contribution in [0.25, 0.3) is 6.08 Å². The Balaban J connectivity index is 1.75. The maximum atomic E-state index is 12.4. The van der Waals surface area contributed by atoms with Crippen molar-refractivity contribution in [1.29, 1.82) is 0 Å². The van der Waals surface area contributed by atoms with E-state index in [0.717, 1.165) is 29.5 Å². The number of aliphatic carboxylic acids is 1. The third-order valence-corrected chi connectivity index (χ3v) is 4.24. The number of hydrogen-bond acceptors (Lipinski definition) is 3. The van der Waals surface area contributed by atoms with Crippen molar-refractivity contribution >= 4 is 35.3 Å². The molecule has 138 valence electrons. The second-order valence-electron chi connectivity index (χ2n) is 6.32. The number of amides is 1. The number of aliphatic imine (C=N–C) groups is 1. The standard InChI is InChI=1S/C20H20N4O3/c21-20(22)24-16-6-4-14(5-7-16)19(27)23-17-8-3-13-2-1-12(10-18(25)26)9-15(13)11-17/h3-9,11H,1-2,10H2,(H,23,27)(H,25,26)(H4,21,22,24). The number of nitrogens with zero attached hydrogens (tertiary/aromatic N) is 1. The topological polar surface area (TPSA) is 131 Å². The van der Waals surface area contributed by atoms with Gasteiger partial charge in [-0.15, -0.1) is 0 Å². The zero-order chi connectivity index (χ0) is 19.4. The zero-order valence-corrected chi connectivity index (χ0v) is 14.6. The molecular weight excluding hydrogens is 344 g/mol. The van der Waals surface area contributed by atoms with Gasteiger partial charge in [0, 0.05) is 11.3 Å². The quantitative estimate of drug-likeness (QED) is 0.478. The van der Waals surface area contributed by atoms with Crippen LogP contribution < -0.4 is 16.8 Å². The number of aryl methyl sites for hydroxylation is 1. The number of fused-ring (bicyclic) bond motifs is 1. The minimum atomic E-state index is -0.835. The molecule has 1 aliphatic carbocycles. The lowest BCUT2D eigenvalue weighted by Crippen LogP contribution is -2.21. The molecule has 0 saturated carbocycles. The number of guanidine groups is 1. The Bertz CT molecular complexity index is 942. The van der Waals surface area contributed by atoms with Crippen molar-refractivity contribution in [2.45, 2.75) is 19.3 Å². The van der Waals surface area contributed by atoms with Gasteiger partial charge in [0.2, 0.25) is 0 Å². The molecule has 2 aromatic rings. The van der Waals surface area contributed by atoms with Gasteiger partial charge in [-0.1, -0.05) is 17.7 Å². The van der Waals surface area contributed by atoms with Crippen LogP contribution in [0.3, 0.4) is 0 Å². The molecule has 7 nitrogen and oxygen atoms in total. The van der Waals surface area contributed by atoms with Crippen LogP contribution in [0.15, 0.2) is 53.0 Å². The van der Waals surface area contributed by atoms with Crippen LogP contribution in [0.4, 0.5) is 11.4 Å². The van der Waals surface area contributed by atoms with Crippen molar-refractivity contribution < 1.29 is 14.7 Å². The van der Waals surface area contributed by atoms with Crippen LogP contribution in [0.5, 0.6) is 0 Å². The molecule has 7 heteroatoms. The highest BCUT2D eigenvalue weighted by atomic mass is 16.4. The highest BCUT2D eigenvalue weighted by Crippen LogP contribution is 2.28. The summed E-state index contributed by atoms with van der Waals surface area (Å²) < 4.78 is 0. The van der Waals surface area contributed by atoms with Crippen LogP contribution in [0, 0.1) is 0 Å². The van der Waals surface area contributed by atoms with Crippen molar-refractivity contribution in [2.75, 3.05) is 5.32 Å². The predicted octanol–water partition coefficient (Wildman–Crippen LogP) is 2.65. The summed E-state index contributed by atoms with van der Waals surface area (Å²) in [6, 6.07) is 12.3. The normalized spacial score (nSPS) is 12.5. The van der Waals surface area contributed by atoms with Crippen LogP contribution in [-0.2, 0) is 11.2 Å². The molecule has 1 amide bonds. The van der Waals surface area contributed by atoms with E-state index in [2.05, 4.69) is 10.3 Å². The summed E-state index contributed by atoms with van der Waals surface area (Å²) in [6.45, 7) is 0. The first-order valence-corrected chi connectivity index (χ1v) is 8.46. The lowest BCUT2D eigenvalue weighted by atomic mass is 9.90. The van der Waals surface area contributed by atoms with Gasteiger partial charge in [-0.3, -0.25) is 9.59 Å². The van der Waals surface area contributed by atoms with E-state index in [0.29, 0.717) is 16.9 Å². The van der Waals surface area contributed by atoms with Crippen LogP contribution in [0.2, 0.25) is 0 Å². The summed E-state index contributed by atoms with van der Waals surface area (Å²) in [6.07, 6.45) is 3.48. The van der Waals surface area contributed by atoms with Crippen molar-refractivity contribution in [3.63, 3.8) is 0 Å². The lowest BCUT2D eigenvalue weighted by molar-refractivity contribution is -0.136. The Hall–Kier alpha value is -3.61. The first-order chi connectivity index (χ1) is 12.9. The molecule has 2 aromatic carbocycles. The Morgan fingerprint density at radius 3 is 2.48 bits per heavy atom. The molecule has 0 atom stereocenters. The summed E-state index contributed by atoms with van der Waals surface area (Å²) in [4.78, 5) is 27.3. The Morgan fingerprint density at radius 2 is 1.81 bits per heavy atom. The maximum absolute atomic E-state index is 12.4. The summed E-state index contributed by atoms with van der Waals surface area (Å²) in [5, 5.41) is 11.8. The molecule has 0 unspecified atom stereocenters. The average Bonchev–Trinajstić information content (AvgIpc) is 2.61. The first kappa shape index (κ1) is 18.2. The maximum Gasteiger partial charge on any atom is 0.307 e. The second kappa shape index (κ2) is 7.74. The van der Waals surface area contributed by atoms with Gasteiger partial charge < -0.3 is 21.9 Å². The molecule has 0 saturated heterocycles. The molecule has 0 aromatic heterocycles. The van der Waals surface area contributed by atoms with Crippen molar-refractivity contribution in [3.05, 3.63) is 64.7 Å². The average molecular weight is 364 g/mol.